The van der Waals surface area contributed by atoms with Crippen molar-refractivity contribution < 1.29 is 4.79 Å². The molecule has 0 atom stereocenters. The van der Waals surface area contributed by atoms with Gasteiger partial charge in [-0.3, -0.25) is 4.79 Å². The molecule has 1 aromatic carbocycles. The molecule has 0 aliphatic rings. The predicted octanol–water partition coefficient (Wildman–Crippen LogP) is 2.95. The monoisotopic (exact) mass is 305 g/mol. The van der Waals surface area contributed by atoms with Gasteiger partial charge in [0.25, 0.3) is 0 Å². The maximum absolute atomic E-state index is 12.0. The maximum atomic E-state index is 12.0. The second kappa shape index (κ2) is 10.4. The zero-order valence-corrected chi connectivity index (χ0v) is 14.5. The molecule has 0 bridgehead atoms. The van der Waals surface area contributed by atoms with Crippen molar-refractivity contribution in [3.05, 3.63) is 29.3 Å². The van der Waals surface area contributed by atoms with Crippen LogP contribution in [0.2, 0.25) is 0 Å². The Hall–Kier alpha value is -1.39. The molecular formula is C18H31N3O. The van der Waals surface area contributed by atoms with Crippen molar-refractivity contribution in [2.24, 2.45) is 0 Å². The van der Waals surface area contributed by atoms with Crippen LogP contribution in [0.3, 0.4) is 0 Å². The average Bonchev–Trinajstić information content (AvgIpc) is 2.50. The summed E-state index contributed by atoms with van der Waals surface area (Å²) in [6.45, 7) is 13.5. The second-order valence-corrected chi connectivity index (χ2v) is 5.70. The number of amides is 1. The first-order valence-electron chi connectivity index (χ1n) is 8.37. The zero-order valence-electron chi connectivity index (χ0n) is 14.5. The van der Waals surface area contributed by atoms with Crippen LogP contribution in [0.4, 0.5) is 5.69 Å². The first-order valence-corrected chi connectivity index (χ1v) is 8.37. The number of hydrogen-bond donors (Lipinski definition) is 2. The molecule has 1 amide bonds. The molecule has 0 heterocycles. The Bertz CT molecular complexity index is 435. The number of carbonyl (C=O) groups is 1. The number of para-hydroxylation sites is 1. The molecule has 22 heavy (non-hydrogen) atoms. The fraction of sp³-hybridized carbons (Fsp3) is 0.611. The Morgan fingerprint density at radius 2 is 1.73 bits per heavy atom. The lowest BCUT2D eigenvalue weighted by atomic mass is 10.1. The number of benzene rings is 1. The van der Waals surface area contributed by atoms with E-state index < -0.39 is 0 Å². The molecule has 0 unspecified atom stereocenters. The molecule has 0 fully saturated rings. The highest BCUT2D eigenvalue weighted by Crippen LogP contribution is 2.19. The normalized spacial score (nSPS) is 11.0. The molecule has 124 valence electrons. The highest BCUT2D eigenvalue weighted by atomic mass is 16.1. The van der Waals surface area contributed by atoms with Crippen LogP contribution in [0.5, 0.6) is 0 Å². The van der Waals surface area contributed by atoms with Crippen molar-refractivity contribution >= 4 is 11.6 Å². The summed E-state index contributed by atoms with van der Waals surface area (Å²) in [6.07, 6.45) is 1.64. The predicted molar refractivity (Wildman–Crippen MR) is 94.4 cm³/mol. The van der Waals surface area contributed by atoms with Gasteiger partial charge in [0.15, 0.2) is 0 Å². The minimum Gasteiger partial charge on any atom is -0.326 e. The van der Waals surface area contributed by atoms with Gasteiger partial charge in [0, 0.05) is 18.7 Å². The van der Waals surface area contributed by atoms with E-state index in [9.17, 15) is 4.79 Å². The highest BCUT2D eigenvalue weighted by molar-refractivity contribution is 5.92. The van der Waals surface area contributed by atoms with Gasteiger partial charge in [0.05, 0.1) is 0 Å². The van der Waals surface area contributed by atoms with E-state index in [4.69, 9.17) is 0 Å². The quantitative estimate of drug-likeness (QED) is 0.653. The van der Waals surface area contributed by atoms with Gasteiger partial charge in [0.1, 0.15) is 0 Å². The smallest absolute Gasteiger partial charge is 0.225 e. The Morgan fingerprint density at radius 1 is 1.09 bits per heavy atom. The molecule has 4 nitrogen and oxygen atoms in total. The number of carbonyl (C=O) groups excluding carboxylic acids is 1. The SMILES string of the molecule is CCN(CC)CCCNCCC(=O)Nc1c(C)cccc1C. The zero-order chi connectivity index (χ0) is 16.4. The van der Waals surface area contributed by atoms with Gasteiger partial charge in [-0.05, 0) is 57.6 Å². The summed E-state index contributed by atoms with van der Waals surface area (Å²) in [5.41, 5.74) is 3.18. The molecule has 0 saturated carbocycles. The summed E-state index contributed by atoms with van der Waals surface area (Å²) in [6, 6.07) is 6.06. The van der Waals surface area contributed by atoms with Crippen LogP contribution >= 0.6 is 0 Å². The summed E-state index contributed by atoms with van der Waals surface area (Å²) in [4.78, 5) is 14.4. The molecule has 2 N–H and O–H groups in total. The van der Waals surface area contributed by atoms with Crippen molar-refractivity contribution in [3.63, 3.8) is 0 Å². The van der Waals surface area contributed by atoms with E-state index in [1.807, 2.05) is 32.0 Å². The van der Waals surface area contributed by atoms with Crippen molar-refractivity contribution in [3.8, 4) is 0 Å². The number of anilines is 1. The molecule has 0 saturated heterocycles. The Balaban J connectivity index is 2.19. The molecule has 0 aromatic heterocycles. The van der Waals surface area contributed by atoms with Gasteiger partial charge >= 0.3 is 0 Å². The van der Waals surface area contributed by atoms with Crippen LogP contribution < -0.4 is 10.6 Å². The fourth-order valence-electron chi connectivity index (χ4n) is 2.51. The van der Waals surface area contributed by atoms with Gasteiger partial charge in [-0.15, -0.1) is 0 Å². The van der Waals surface area contributed by atoms with E-state index in [-0.39, 0.29) is 5.91 Å². The van der Waals surface area contributed by atoms with E-state index in [1.54, 1.807) is 0 Å². The molecule has 1 rings (SSSR count). The van der Waals surface area contributed by atoms with Crippen LogP contribution in [0.1, 0.15) is 37.8 Å². The average molecular weight is 305 g/mol. The standard InChI is InChI=1S/C18H31N3O/c1-5-21(6-2)14-8-12-19-13-11-17(22)20-18-15(3)9-7-10-16(18)4/h7,9-10,19H,5-6,8,11-14H2,1-4H3,(H,20,22). The molecule has 1 aromatic rings. The Morgan fingerprint density at radius 3 is 2.32 bits per heavy atom. The van der Waals surface area contributed by atoms with Gasteiger partial charge in [0.2, 0.25) is 5.91 Å². The van der Waals surface area contributed by atoms with Gasteiger partial charge in [-0.25, -0.2) is 0 Å². The second-order valence-electron chi connectivity index (χ2n) is 5.70. The lowest BCUT2D eigenvalue weighted by Crippen LogP contribution is -2.28. The number of nitrogens with zero attached hydrogens (tertiary/aromatic N) is 1. The first kappa shape index (κ1) is 18.7. The summed E-state index contributed by atoms with van der Waals surface area (Å²) in [7, 11) is 0. The minimum absolute atomic E-state index is 0.0774. The van der Waals surface area contributed by atoms with Gasteiger partial charge < -0.3 is 15.5 Å². The van der Waals surface area contributed by atoms with Crippen molar-refractivity contribution in [1.29, 1.82) is 0 Å². The van der Waals surface area contributed by atoms with Crippen LogP contribution in [0.25, 0.3) is 0 Å². The van der Waals surface area contributed by atoms with Crippen molar-refractivity contribution in [2.75, 3.05) is 38.0 Å². The first-order chi connectivity index (χ1) is 10.6. The molecule has 0 spiro atoms. The third kappa shape index (κ3) is 6.58. The lowest BCUT2D eigenvalue weighted by molar-refractivity contribution is -0.116. The summed E-state index contributed by atoms with van der Waals surface area (Å²) < 4.78 is 0. The number of nitrogens with one attached hydrogen (secondary N) is 2. The van der Waals surface area contributed by atoms with E-state index in [2.05, 4.69) is 29.4 Å². The number of aryl methyl sites for hydroxylation is 2. The Kier molecular flexibility index (Phi) is 8.78. The molecule has 0 aliphatic heterocycles. The largest absolute Gasteiger partial charge is 0.326 e. The molecule has 0 radical (unpaired) electrons. The molecule has 0 aliphatic carbocycles. The highest BCUT2D eigenvalue weighted by Gasteiger charge is 2.06. The summed E-state index contributed by atoms with van der Waals surface area (Å²) in [5.74, 6) is 0.0774. The third-order valence-electron chi connectivity index (χ3n) is 4.00. The Labute approximate surface area is 135 Å². The summed E-state index contributed by atoms with van der Waals surface area (Å²) >= 11 is 0. The van der Waals surface area contributed by atoms with Gasteiger partial charge in [-0.2, -0.15) is 0 Å². The number of hydrogen-bond acceptors (Lipinski definition) is 3. The summed E-state index contributed by atoms with van der Waals surface area (Å²) in [5, 5.41) is 6.37. The van der Waals surface area contributed by atoms with E-state index in [1.165, 1.54) is 0 Å². The molecular weight excluding hydrogens is 274 g/mol. The van der Waals surface area contributed by atoms with Crippen molar-refractivity contribution in [1.82, 2.24) is 10.2 Å². The van der Waals surface area contributed by atoms with Crippen LogP contribution in [0.15, 0.2) is 18.2 Å². The van der Waals surface area contributed by atoms with Gasteiger partial charge in [-0.1, -0.05) is 32.0 Å². The topological polar surface area (TPSA) is 44.4 Å². The van der Waals surface area contributed by atoms with E-state index >= 15 is 0 Å². The minimum atomic E-state index is 0.0774. The third-order valence-corrected chi connectivity index (χ3v) is 4.00. The van der Waals surface area contributed by atoms with E-state index in [0.29, 0.717) is 6.42 Å². The maximum Gasteiger partial charge on any atom is 0.225 e. The van der Waals surface area contributed by atoms with E-state index in [0.717, 1.165) is 56.0 Å². The number of rotatable bonds is 10. The lowest BCUT2D eigenvalue weighted by Gasteiger charge is -2.17. The van der Waals surface area contributed by atoms with Crippen LogP contribution in [0, 0.1) is 13.8 Å². The van der Waals surface area contributed by atoms with Crippen molar-refractivity contribution in [2.45, 2.75) is 40.5 Å². The fourth-order valence-corrected chi connectivity index (χ4v) is 2.51. The van der Waals surface area contributed by atoms with Crippen LogP contribution in [-0.2, 0) is 4.79 Å². The molecule has 4 heteroatoms. The van der Waals surface area contributed by atoms with Crippen LogP contribution in [-0.4, -0.2) is 43.5 Å².